The van der Waals surface area contributed by atoms with Crippen LogP contribution in [-0.4, -0.2) is 15.4 Å². The molecule has 3 aromatic rings. The summed E-state index contributed by atoms with van der Waals surface area (Å²) in [7, 11) is 0. The number of fused-ring (bicyclic) bond motifs is 1. The van der Waals surface area contributed by atoms with E-state index >= 15 is 0 Å². The molecule has 160 valence electrons. The SMILES string of the molecule is NC1=NSN(Cc2ccccc2)c2nc(C3CCCCC3)n(Cc3ccc(Cl)cc3)c21. The fourth-order valence-electron chi connectivity index (χ4n) is 4.52. The number of benzene rings is 2. The third-order valence-electron chi connectivity index (χ3n) is 6.09. The van der Waals surface area contributed by atoms with Crippen molar-refractivity contribution in [3.63, 3.8) is 0 Å². The number of anilines is 1. The van der Waals surface area contributed by atoms with Gasteiger partial charge in [-0.05, 0) is 36.1 Å². The van der Waals surface area contributed by atoms with Crippen molar-refractivity contribution in [1.82, 2.24) is 9.55 Å². The van der Waals surface area contributed by atoms with Gasteiger partial charge in [0.05, 0.1) is 18.7 Å². The quantitative estimate of drug-likeness (QED) is 0.489. The summed E-state index contributed by atoms with van der Waals surface area (Å²) in [5, 5.41) is 0.746. The van der Waals surface area contributed by atoms with Gasteiger partial charge in [-0.3, -0.25) is 4.31 Å². The number of rotatable bonds is 5. The van der Waals surface area contributed by atoms with E-state index in [4.69, 9.17) is 22.3 Å². The molecule has 2 heterocycles. The van der Waals surface area contributed by atoms with Crippen LogP contribution in [0.2, 0.25) is 5.02 Å². The van der Waals surface area contributed by atoms with Gasteiger partial charge in [-0.15, -0.1) is 0 Å². The highest BCUT2D eigenvalue weighted by molar-refractivity contribution is 7.99. The molecule has 0 spiro atoms. The molecule has 0 radical (unpaired) electrons. The molecule has 2 aliphatic rings. The van der Waals surface area contributed by atoms with Gasteiger partial charge in [-0.25, -0.2) is 4.98 Å². The van der Waals surface area contributed by atoms with E-state index in [0.717, 1.165) is 28.9 Å². The number of halogens is 1. The minimum absolute atomic E-state index is 0.461. The lowest BCUT2D eigenvalue weighted by molar-refractivity contribution is 0.418. The summed E-state index contributed by atoms with van der Waals surface area (Å²) in [5.74, 6) is 3.07. The van der Waals surface area contributed by atoms with E-state index in [1.807, 2.05) is 18.2 Å². The Hall–Kier alpha value is -2.44. The van der Waals surface area contributed by atoms with Crippen LogP contribution in [-0.2, 0) is 13.1 Å². The lowest BCUT2D eigenvalue weighted by atomic mass is 9.88. The van der Waals surface area contributed by atoms with Crippen molar-refractivity contribution in [1.29, 1.82) is 0 Å². The maximum Gasteiger partial charge on any atom is 0.170 e. The lowest BCUT2D eigenvalue weighted by Gasteiger charge is -2.24. The first-order valence-electron chi connectivity index (χ1n) is 10.9. The zero-order valence-corrected chi connectivity index (χ0v) is 18.9. The van der Waals surface area contributed by atoms with E-state index in [-0.39, 0.29) is 0 Å². The van der Waals surface area contributed by atoms with Crippen LogP contribution in [0, 0.1) is 0 Å². The van der Waals surface area contributed by atoms with Crippen molar-refractivity contribution in [2.75, 3.05) is 4.31 Å². The summed E-state index contributed by atoms with van der Waals surface area (Å²) in [6, 6.07) is 18.5. The molecule has 1 saturated carbocycles. The molecule has 2 N–H and O–H groups in total. The Morgan fingerprint density at radius 2 is 1.65 bits per heavy atom. The van der Waals surface area contributed by atoms with Gasteiger partial charge in [-0.1, -0.05) is 73.3 Å². The van der Waals surface area contributed by atoms with E-state index in [1.54, 1.807) is 0 Å². The lowest BCUT2D eigenvalue weighted by Crippen LogP contribution is -2.27. The van der Waals surface area contributed by atoms with Crippen LogP contribution in [0.3, 0.4) is 0 Å². The van der Waals surface area contributed by atoms with Crippen molar-refractivity contribution in [3.8, 4) is 0 Å². The largest absolute Gasteiger partial charge is 0.381 e. The third kappa shape index (κ3) is 4.32. The van der Waals surface area contributed by atoms with Crippen molar-refractivity contribution in [2.45, 2.75) is 51.1 Å². The van der Waals surface area contributed by atoms with Crippen LogP contribution >= 0.6 is 23.7 Å². The second-order valence-electron chi connectivity index (χ2n) is 8.27. The number of nitrogens with zero attached hydrogens (tertiary/aromatic N) is 4. The monoisotopic (exact) mass is 451 g/mol. The van der Waals surface area contributed by atoms with Crippen molar-refractivity contribution < 1.29 is 0 Å². The molecule has 0 atom stereocenters. The highest BCUT2D eigenvalue weighted by Gasteiger charge is 2.32. The zero-order chi connectivity index (χ0) is 21.2. The van der Waals surface area contributed by atoms with Gasteiger partial charge in [0.2, 0.25) is 0 Å². The summed E-state index contributed by atoms with van der Waals surface area (Å²) >= 11 is 7.50. The number of nitrogens with two attached hydrogens (primary N) is 1. The van der Waals surface area contributed by atoms with Gasteiger partial charge < -0.3 is 10.3 Å². The predicted octanol–water partition coefficient (Wildman–Crippen LogP) is 5.92. The summed E-state index contributed by atoms with van der Waals surface area (Å²) in [4.78, 5) is 5.20. The Balaban J connectivity index is 1.56. The number of amidine groups is 1. The van der Waals surface area contributed by atoms with Crippen molar-refractivity contribution in [2.24, 2.45) is 10.1 Å². The van der Waals surface area contributed by atoms with Gasteiger partial charge in [0.25, 0.3) is 0 Å². The molecule has 7 heteroatoms. The maximum absolute atomic E-state index is 6.44. The van der Waals surface area contributed by atoms with Crippen LogP contribution in [0.5, 0.6) is 0 Å². The van der Waals surface area contributed by atoms with Gasteiger partial charge in [0, 0.05) is 17.5 Å². The Morgan fingerprint density at radius 3 is 2.39 bits per heavy atom. The van der Waals surface area contributed by atoms with Gasteiger partial charge >= 0.3 is 0 Å². The van der Waals surface area contributed by atoms with Gasteiger partial charge in [0.15, 0.2) is 11.7 Å². The summed E-state index contributed by atoms with van der Waals surface area (Å²) in [6.07, 6.45) is 6.19. The molecule has 1 aliphatic carbocycles. The normalized spacial score (nSPS) is 16.8. The summed E-state index contributed by atoms with van der Waals surface area (Å²) in [5.41, 5.74) is 9.79. The first-order chi connectivity index (χ1) is 15.2. The molecule has 0 amide bonds. The second kappa shape index (κ2) is 8.97. The van der Waals surface area contributed by atoms with Gasteiger partial charge in [0.1, 0.15) is 11.5 Å². The molecule has 1 aromatic heterocycles. The highest BCUT2D eigenvalue weighted by atomic mass is 35.5. The molecular weight excluding hydrogens is 426 g/mol. The minimum Gasteiger partial charge on any atom is -0.381 e. The molecule has 5 rings (SSSR count). The molecule has 1 fully saturated rings. The number of aromatic nitrogens is 2. The van der Waals surface area contributed by atoms with E-state index in [1.165, 1.54) is 55.4 Å². The van der Waals surface area contributed by atoms with Crippen LogP contribution in [0.1, 0.15) is 60.7 Å². The van der Waals surface area contributed by atoms with E-state index in [9.17, 15) is 0 Å². The summed E-state index contributed by atoms with van der Waals surface area (Å²) < 4.78 is 9.03. The summed E-state index contributed by atoms with van der Waals surface area (Å²) in [6.45, 7) is 1.45. The van der Waals surface area contributed by atoms with E-state index < -0.39 is 0 Å². The van der Waals surface area contributed by atoms with E-state index in [2.05, 4.69) is 49.7 Å². The number of imidazole rings is 1. The minimum atomic E-state index is 0.461. The highest BCUT2D eigenvalue weighted by Crippen LogP contribution is 2.39. The molecule has 2 aromatic carbocycles. The fourth-order valence-corrected chi connectivity index (χ4v) is 5.33. The predicted molar refractivity (Wildman–Crippen MR) is 130 cm³/mol. The van der Waals surface area contributed by atoms with Crippen LogP contribution in [0.25, 0.3) is 0 Å². The number of hydrogen-bond acceptors (Lipinski definition) is 5. The first-order valence-corrected chi connectivity index (χ1v) is 12.0. The van der Waals surface area contributed by atoms with Crippen LogP contribution < -0.4 is 10.0 Å². The Kier molecular flexibility index (Phi) is 5.92. The average molecular weight is 452 g/mol. The van der Waals surface area contributed by atoms with E-state index in [0.29, 0.717) is 18.3 Å². The van der Waals surface area contributed by atoms with Crippen molar-refractivity contribution >= 4 is 35.4 Å². The smallest absolute Gasteiger partial charge is 0.170 e. The molecule has 5 nitrogen and oxygen atoms in total. The molecule has 1 aliphatic heterocycles. The molecule has 0 unspecified atom stereocenters. The fraction of sp³-hybridized carbons (Fsp3) is 0.333. The van der Waals surface area contributed by atoms with Crippen molar-refractivity contribution in [3.05, 3.63) is 82.3 Å². The molecule has 31 heavy (non-hydrogen) atoms. The molecule has 0 bridgehead atoms. The molecule has 0 saturated heterocycles. The second-order valence-corrected chi connectivity index (χ2v) is 9.49. The number of hydrogen-bond donors (Lipinski definition) is 1. The Labute approximate surface area is 192 Å². The topological polar surface area (TPSA) is 59.4 Å². The standard InChI is InChI=1S/C24H26ClN5S/c25-20-13-11-18(12-14-20)15-29-21-22(26)28-31-30(16-17-7-3-1-4-8-17)24(21)27-23(29)19-9-5-2-6-10-19/h1,3-4,7-8,11-14,19H,2,5-6,9-10,15-16H2,(H2,26,28). The van der Waals surface area contributed by atoms with Gasteiger partial charge in [-0.2, -0.15) is 4.40 Å². The molecular formula is C24H26ClN5S. The first kappa shape index (κ1) is 20.5. The Morgan fingerprint density at radius 1 is 0.935 bits per heavy atom. The third-order valence-corrected chi connectivity index (χ3v) is 7.12. The Bertz CT molecular complexity index is 1070. The van der Waals surface area contributed by atoms with Crippen LogP contribution in [0.4, 0.5) is 5.82 Å². The average Bonchev–Trinajstić information content (AvgIpc) is 3.19. The van der Waals surface area contributed by atoms with Crippen LogP contribution in [0.15, 0.2) is 59.0 Å². The maximum atomic E-state index is 6.44. The zero-order valence-electron chi connectivity index (χ0n) is 17.4.